The molecule has 23 heavy (non-hydrogen) atoms. The summed E-state index contributed by atoms with van der Waals surface area (Å²) in [5, 5.41) is 3.74. The van der Waals surface area contributed by atoms with Crippen LogP contribution in [-0.2, 0) is 16.1 Å². The second-order valence-electron chi connectivity index (χ2n) is 4.43. The monoisotopic (exact) mass is 355 g/mol. The van der Waals surface area contributed by atoms with Crippen molar-refractivity contribution in [1.29, 1.82) is 0 Å². The van der Waals surface area contributed by atoms with E-state index in [-0.39, 0.29) is 22.7 Å². The molecule has 0 aliphatic carbocycles. The maximum atomic E-state index is 12.9. The number of halogens is 2. The molecule has 122 valence electrons. The van der Waals surface area contributed by atoms with Crippen LogP contribution in [-0.4, -0.2) is 28.3 Å². The van der Waals surface area contributed by atoms with E-state index < -0.39 is 0 Å². The number of carbonyl (C=O) groups is 1. The largest absolute Gasteiger partial charge is 0.465 e. The maximum Gasteiger partial charge on any atom is 0.316 e. The third kappa shape index (κ3) is 6.03. The second-order valence-corrected chi connectivity index (χ2v) is 5.76. The number of ether oxygens (including phenoxy) is 1. The topological polar surface area (TPSA) is 64.1 Å². The highest BCUT2D eigenvalue weighted by atomic mass is 35.5. The van der Waals surface area contributed by atoms with E-state index in [1.807, 2.05) is 0 Å². The van der Waals surface area contributed by atoms with E-state index in [0.717, 1.165) is 17.3 Å². The van der Waals surface area contributed by atoms with Crippen LogP contribution < -0.4 is 5.32 Å². The average molecular weight is 356 g/mol. The lowest BCUT2D eigenvalue weighted by Gasteiger charge is -2.08. The van der Waals surface area contributed by atoms with Crippen molar-refractivity contribution in [2.45, 2.75) is 18.6 Å². The van der Waals surface area contributed by atoms with Crippen molar-refractivity contribution in [3.8, 4) is 0 Å². The summed E-state index contributed by atoms with van der Waals surface area (Å²) in [5.41, 5.74) is 0.905. The molecule has 1 aromatic carbocycles. The number of thioether (sulfide) groups is 1. The Labute approximate surface area is 142 Å². The lowest BCUT2D eigenvalue weighted by molar-refractivity contribution is -0.139. The molecule has 0 saturated heterocycles. The number of esters is 1. The van der Waals surface area contributed by atoms with Gasteiger partial charge in [-0.05, 0) is 24.6 Å². The summed E-state index contributed by atoms with van der Waals surface area (Å²) in [5.74, 6) is 0.0325. The fraction of sp³-hybridized carbons (Fsp3) is 0.267. The van der Waals surface area contributed by atoms with Crippen LogP contribution in [0.2, 0.25) is 5.15 Å². The first-order valence-electron chi connectivity index (χ1n) is 6.88. The minimum Gasteiger partial charge on any atom is -0.465 e. The van der Waals surface area contributed by atoms with E-state index in [2.05, 4.69) is 15.3 Å². The molecule has 0 amide bonds. The van der Waals surface area contributed by atoms with E-state index in [1.165, 1.54) is 12.1 Å². The Balaban J connectivity index is 1.96. The molecule has 1 heterocycles. The Bertz CT molecular complexity index is 670. The van der Waals surface area contributed by atoms with E-state index >= 15 is 0 Å². The number of hydrogen-bond donors (Lipinski definition) is 1. The highest BCUT2D eigenvalue weighted by Crippen LogP contribution is 2.20. The van der Waals surface area contributed by atoms with E-state index in [9.17, 15) is 9.18 Å². The average Bonchev–Trinajstić information content (AvgIpc) is 2.52. The van der Waals surface area contributed by atoms with Crippen molar-refractivity contribution in [2.24, 2.45) is 0 Å². The molecule has 0 atom stereocenters. The molecule has 0 saturated carbocycles. The van der Waals surface area contributed by atoms with Gasteiger partial charge in [-0.1, -0.05) is 35.5 Å². The summed E-state index contributed by atoms with van der Waals surface area (Å²) in [6, 6.07) is 7.73. The zero-order chi connectivity index (χ0) is 16.7. The molecule has 8 heteroatoms. The second kappa shape index (κ2) is 8.69. The number of nitrogens with one attached hydrogen (secondary N) is 1. The zero-order valence-electron chi connectivity index (χ0n) is 12.4. The summed E-state index contributed by atoms with van der Waals surface area (Å²) in [6.45, 7) is 2.55. The molecule has 5 nitrogen and oxygen atoms in total. The molecule has 0 bridgehead atoms. The first kappa shape index (κ1) is 17.5. The third-order valence-electron chi connectivity index (χ3n) is 2.69. The van der Waals surface area contributed by atoms with Crippen molar-refractivity contribution < 1.29 is 13.9 Å². The molecule has 2 rings (SSSR count). The summed E-state index contributed by atoms with van der Waals surface area (Å²) < 4.78 is 17.7. The number of aromatic nitrogens is 2. The van der Waals surface area contributed by atoms with Crippen LogP contribution in [0.1, 0.15) is 12.5 Å². The van der Waals surface area contributed by atoms with Gasteiger partial charge in [0.1, 0.15) is 16.8 Å². The Hall–Kier alpha value is -1.86. The predicted molar refractivity (Wildman–Crippen MR) is 88.1 cm³/mol. The van der Waals surface area contributed by atoms with Gasteiger partial charge in [-0.25, -0.2) is 14.4 Å². The maximum absolute atomic E-state index is 12.9. The van der Waals surface area contributed by atoms with Crippen molar-refractivity contribution in [1.82, 2.24) is 9.97 Å². The quantitative estimate of drug-likeness (QED) is 0.355. The smallest absolute Gasteiger partial charge is 0.316 e. The van der Waals surface area contributed by atoms with Crippen LogP contribution in [0.5, 0.6) is 0 Å². The van der Waals surface area contributed by atoms with Gasteiger partial charge in [0.2, 0.25) is 0 Å². The Morgan fingerprint density at radius 1 is 1.35 bits per heavy atom. The molecule has 0 unspecified atom stereocenters. The molecule has 0 aliphatic rings. The van der Waals surface area contributed by atoms with Gasteiger partial charge < -0.3 is 10.1 Å². The molecular weight excluding hydrogens is 341 g/mol. The van der Waals surface area contributed by atoms with Crippen LogP contribution in [0.15, 0.2) is 35.5 Å². The third-order valence-corrected chi connectivity index (χ3v) is 3.70. The van der Waals surface area contributed by atoms with Gasteiger partial charge in [-0.15, -0.1) is 0 Å². The first-order valence-corrected chi connectivity index (χ1v) is 8.24. The molecule has 1 aromatic heterocycles. The molecule has 1 N–H and O–H groups in total. The molecular formula is C15H15ClFN3O2S. The molecule has 0 radical (unpaired) electrons. The normalized spacial score (nSPS) is 10.4. The van der Waals surface area contributed by atoms with Gasteiger partial charge in [-0.2, -0.15) is 0 Å². The summed E-state index contributed by atoms with van der Waals surface area (Å²) in [7, 11) is 0. The van der Waals surface area contributed by atoms with Gasteiger partial charge in [0, 0.05) is 12.6 Å². The first-order chi connectivity index (χ1) is 11.1. The number of anilines is 1. The number of benzene rings is 1. The predicted octanol–water partition coefficient (Wildman–Crippen LogP) is 3.54. The zero-order valence-corrected chi connectivity index (χ0v) is 14.0. The Kier molecular flexibility index (Phi) is 6.61. The molecule has 0 fully saturated rings. The van der Waals surface area contributed by atoms with Crippen LogP contribution in [0, 0.1) is 5.82 Å². The van der Waals surface area contributed by atoms with Gasteiger partial charge in [0.25, 0.3) is 0 Å². The summed E-state index contributed by atoms with van der Waals surface area (Å²) in [4.78, 5) is 19.7. The van der Waals surface area contributed by atoms with Gasteiger partial charge in [0.15, 0.2) is 5.16 Å². The van der Waals surface area contributed by atoms with Crippen LogP contribution in [0.25, 0.3) is 0 Å². The number of hydrogen-bond acceptors (Lipinski definition) is 6. The van der Waals surface area contributed by atoms with E-state index in [0.29, 0.717) is 24.1 Å². The Morgan fingerprint density at radius 3 is 2.78 bits per heavy atom. The van der Waals surface area contributed by atoms with Crippen LogP contribution >= 0.6 is 23.4 Å². The van der Waals surface area contributed by atoms with E-state index in [1.54, 1.807) is 25.1 Å². The minimum absolute atomic E-state index is 0.117. The number of rotatable bonds is 7. The summed E-state index contributed by atoms with van der Waals surface area (Å²) >= 11 is 7.11. The van der Waals surface area contributed by atoms with Crippen molar-refractivity contribution in [2.75, 3.05) is 17.7 Å². The fourth-order valence-electron chi connectivity index (χ4n) is 1.67. The number of carbonyl (C=O) groups excluding carboxylic acids is 1. The van der Waals surface area contributed by atoms with Crippen molar-refractivity contribution in [3.05, 3.63) is 46.9 Å². The Morgan fingerprint density at radius 2 is 2.09 bits per heavy atom. The lowest BCUT2D eigenvalue weighted by atomic mass is 10.2. The van der Waals surface area contributed by atoms with Gasteiger partial charge in [-0.3, -0.25) is 4.79 Å². The van der Waals surface area contributed by atoms with E-state index in [4.69, 9.17) is 16.3 Å². The van der Waals surface area contributed by atoms with Crippen molar-refractivity contribution in [3.63, 3.8) is 0 Å². The van der Waals surface area contributed by atoms with Gasteiger partial charge >= 0.3 is 5.97 Å². The standard InChI is InChI=1S/C15H15ClFN3O2S/c1-2-22-14(21)9-23-15-19-12(16)7-13(20-15)18-8-10-3-5-11(17)6-4-10/h3-7H,2,8-9H2,1H3,(H,18,19,20). The molecule has 0 aliphatic heterocycles. The fourth-order valence-corrected chi connectivity index (χ4v) is 2.56. The highest BCUT2D eigenvalue weighted by molar-refractivity contribution is 7.99. The molecule has 2 aromatic rings. The number of nitrogens with zero attached hydrogens (tertiary/aromatic N) is 2. The van der Waals surface area contributed by atoms with Crippen molar-refractivity contribution >= 4 is 35.1 Å². The molecule has 0 spiro atoms. The lowest BCUT2D eigenvalue weighted by Crippen LogP contribution is -2.08. The van der Waals surface area contributed by atoms with Crippen LogP contribution in [0.4, 0.5) is 10.2 Å². The minimum atomic E-state index is -0.332. The SMILES string of the molecule is CCOC(=O)CSc1nc(Cl)cc(NCc2ccc(F)cc2)n1. The van der Waals surface area contributed by atoms with Crippen LogP contribution in [0.3, 0.4) is 0 Å². The van der Waals surface area contributed by atoms with Gasteiger partial charge in [0.05, 0.1) is 12.4 Å². The highest BCUT2D eigenvalue weighted by Gasteiger charge is 2.08. The summed E-state index contributed by atoms with van der Waals surface area (Å²) in [6.07, 6.45) is 0.